The van der Waals surface area contributed by atoms with Crippen LogP contribution in [0.5, 0.6) is 5.75 Å². The third-order valence-corrected chi connectivity index (χ3v) is 3.59. The zero-order valence-electron chi connectivity index (χ0n) is 11.2. The first kappa shape index (κ1) is 14.1. The molecular weight excluding hydrogens is 302 g/mol. The molecule has 0 bridgehead atoms. The van der Waals surface area contributed by atoms with E-state index in [0.717, 1.165) is 16.8 Å². The zero-order valence-corrected chi connectivity index (χ0v) is 12.8. The number of nitrogens with one attached hydrogen (secondary N) is 1. The summed E-state index contributed by atoms with van der Waals surface area (Å²) in [5.41, 5.74) is 2.50. The lowest BCUT2D eigenvalue weighted by molar-refractivity contribution is 0.413. The molecule has 1 unspecified atom stereocenters. The number of ether oxygens (including phenoxy) is 1. The second-order valence-corrected chi connectivity index (χ2v) is 5.42. The standard InChI is InChI=1S/C16H18BrNO/c1-12(14-6-4-8-16(10-14)19-2)18-11-13-5-3-7-15(17)9-13/h3-10,12,18H,11H2,1-2H3. The molecule has 0 aliphatic heterocycles. The van der Waals surface area contributed by atoms with Crippen molar-refractivity contribution in [1.29, 1.82) is 0 Å². The van der Waals surface area contributed by atoms with Crippen LogP contribution in [0.2, 0.25) is 0 Å². The summed E-state index contributed by atoms with van der Waals surface area (Å²) in [5.74, 6) is 0.897. The SMILES string of the molecule is COc1cccc(C(C)NCc2cccc(Br)c2)c1. The molecule has 0 aliphatic carbocycles. The molecular formula is C16H18BrNO. The van der Waals surface area contributed by atoms with Gasteiger partial charge in [-0.25, -0.2) is 0 Å². The normalized spacial score (nSPS) is 12.2. The lowest BCUT2D eigenvalue weighted by Gasteiger charge is -2.15. The van der Waals surface area contributed by atoms with Gasteiger partial charge in [-0.15, -0.1) is 0 Å². The predicted molar refractivity (Wildman–Crippen MR) is 82.4 cm³/mol. The van der Waals surface area contributed by atoms with Crippen molar-refractivity contribution >= 4 is 15.9 Å². The van der Waals surface area contributed by atoms with E-state index in [1.807, 2.05) is 18.2 Å². The quantitative estimate of drug-likeness (QED) is 0.886. The van der Waals surface area contributed by atoms with Crippen LogP contribution >= 0.6 is 15.9 Å². The maximum Gasteiger partial charge on any atom is 0.119 e. The number of methoxy groups -OCH3 is 1. The highest BCUT2D eigenvalue weighted by molar-refractivity contribution is 9.10. The Labute approximate surface area is 122 Å². The van der Waals surface area contributed by atoms with Gasteiger partial charge in [0.2, 0.25) is 0 Å². The van der Waals surface area contributed by atoms with Gasteiger partial charge in [-0.1, -0.05) is 40.2 Å². The minimum absolute atomic E-state index is 0.286. The molecule has 0 fully saturated rings. The molecule has 0 spiro atoms. The smallest absolute Gasteiger partial charge is 0.119 e. The highest BCUT2D eigenvalue weighted by Crippen LogP contribution is 2.19. The first-order chi connectivity index (χ1) is 9.19. The Morgan fingerprint density at radius 2 is 1.95 bits per heavy atom. The largest absolute Gasteiger partial charge is 0.497 e. The van der Waals surface area contributed by atoms with Crippen LogP contribution in [0.1, 0.15) is 24.1 Å². The van der Waals surface area contributed by atoms with Gasteiger partial charge in [-0.3, -0.25) is 0 Å². The van der Waals surface area contributed by atoms with E-state index >= 15 is 0 Å². The van der Waals surface area contributed by atoms with Crippen molar-refractivity contribution in [2.45, 2.75) is 19.5 Å². The van der Waals surface area contributed by atoms with Crippen LogP contribution in [-0.2, 0) is 6.54 Å². The summed E-state index contributed by atoms with van der Waals surface area (Å²) in [7, 11) is 1.69. The Morgan fingerprint density at radius 1 is 1.16 bits per heavy atom. The monoisotopic (exact) mass is 319 g/mol. The molecule has 1 atom stereocenters. The van der Waals surface area contributed by atoms with Crippen LogP contribution in [0.3, 0.4) is 0 Å². The van der Waals surface area contributed by atoms with Gasteiger partial charge in [0.25, 0.3) is 0 Å². The lowest BCUT2D eigenvalue weighted by Crippen LogP contribution is -2.18. The van der Waals surface area contributed by atoms with E-state index in [0.29, 0.717) is 0 Å². The topological polar surface area (TPSA) is 21.3 Å². The first-order valence-electron chi connectivity index (χ1n) is 6.31. The first-order valence-corrected chi connectivity index (χ1v) is 7.10. The summed E-state index contributed by atoms with van der Waals surface area (Å²) in [6.45, 7) is 3.00. The van der Waals surface area contributed by atoms with Gasteiger partial charge >= 0.3 is 0 Å². The van der Waals surface area contributed by atoms with Gasteiger partial charge in [-0.05, 0) is 42.3 Å². The predicted octanol–water partition coefficient (Wildman–Crippen LogP) is 4.31. The molecule has 1 N–H and O–H groups in total. The van der Waals surface area contributed by atoms with Crippen molar-refractivity contribution < 1.29 is 4.74 Å². The third kappa shape index (κ3) is 4.08. The van der Waals surface area contributed by atoms with Crippen molar-refractivity contribution in [3.8, 4) is 5.75 Å². The van der Waals surface area contributed by atoms with E-state index in [2.05, 4.69) is 58.5 Å². The zero-order chi connectivity index (χ0) is 13.7. The van der Waals surface area contributed by atoms with E-state index in [9.17, 15) is 0 Å². The van der Waals surface area contributed by atoms with Crippen molar-refractivity contribution in [3.63, 3.8) is 0 Å². The summed E-state index contributed by atoms with van der Waals surface area (Å²) in [4.78, 5) is 0. The molecule has 2 aromatic rings. The second kappa shape index (κ2) is 6.73. The minimum Gasteiger partial charge on any atom is -0.497 e. The van der Waals surface area contributed by atoms with Gasteiger partial charge < -0.3 is 10.1 Å². The van der Waals surface area contributed by atoms with E-state index in [1.165, 1.54) is 11.1 Å². The Bertz CT molecular complexity index is 542. The molecule has 2 rings (SSSR count). The van der Waals surface area contributed by atoms with Crippen LogP contribution < -0.4 is 10.1 Å². The Kier molecular flexibility index (Phi) is 5.00. The molecule has 0 aromatic heterocycles. The molecule has 2 nitrogen and oxygen atoms in total. The van der Waals surface area contributed by atoms with E-state index in [4.69, 9.17) is 4.74 Å². The molecule has 100 valence electrons. The van der Waals surface area contributed by atoms with Crippen LogP contribution in [-0.4, -0.2) is 7.11 Å². The molecule has 3 heteroatoms. The lowest BCUT2D eigenvalue weighted by atomic mass is 10.1. The highest BCUT2D eigenvalue weighted by Gasteiger charge is 2.06. The van der Waals surface area contributed by atoms with Gasteiger partial charge in [0, 0.05) is 17.1 Å². The summed E-state index contributed by atoms with van der Waals surface area (Å²) in [6, 6.07) is 16.8. The number of rotatable bonds is 5. The van der Waals surface area contributed by atoms with Crippen LogP contribution in [0.4, 0.5) is 0 Å². The molecule has 19 heavy (non-hydrogen) atoms. The Hall–Kier alpha value is -1.32. The Balaban J connectivity index is 1.99. The average molecular weight is 320 g/mol. The third-order valence-electron chi connectivity index (χ3n) is 3.10. The molecule has 0 radical (unpaired) electrons. The minimum atomic E-state index is 0.286. The average Bonchev–Trinajstić information content (AvgIpc) is 2.45. The summed E-state index contributed by atoms with van der Waals surface area (Å²) >= 11 is 3.49. The van der Waals surface area contributed by atoms with Gasteiger partial charge in [0.15, 0.2) is 0 Å². The molecule has 0 saturated heterocycles. The van der Waals surface area contributed by atoms with Gasteiger partial charge in [0.1, 0.15) is 5.75 Å². The molecule has 0 saturated carbocycles. The number of hydrogen-bond acceptors (Lipinski definition) is 2. The van der Waals surface area contributed by atoms with Crippen molar-refractivity contribution in [3.05, 3.63) is 64.1 Å². The van der Waals surface area contributed by atoms with Gasteiger partial charge in [-0.2, -0.15) is 0 Å². The summed E-state index contributed by atoms with van der Waals surface area (Å²) in [5, 5.41) is 3.52. The van der Waals surface area contributed by atoms with Crippen LogP contribution in [0.25, 0.3) is 0 Å². The van der Waals surface area contributed by atoms with Crippen LogP contribution in [0.15, 0.2) is 53.0 Å². The summed E-state index contributed by atoms with van der Waals surface area (Å²) < 4.78 is 6.36. The number of halogens is 1. The van der Waals surface area contributed by atoms with E-state index in [1.54, 1.807) is 7.11 Å². The van der Waals surface area contributed by atoms with Crippen molar-refractivity contribution in [2.75, 3.05) is 7.11 Å². The Morgan fingerprint density at radius 3 is 2.68 bits per heavy atom. The van der Waals surface area contributed by atoms with Crippen LogP contribution in [0, 0.1) is 0 Å². The molecule has 2 aromatic carbocycles. The maximum atomic E-state index is 5.25. The molecule has 0 aliphatic rings. The van der Waals surface area contributed by atoms with E-state index in [-0.39, 0.29) is 6.04 Å². The van der Waals surface area contributed by atoms with E-state index < -0.39 is 0 Å². The fourth-order valence-electron chi connectivity index (χ4n) is 1.95. The van der Waals surface area contributed by atoms with Gasteiger partial charge in [0.05, 0.1) is 7.11 Å². The molecule has 0 amide bonds. The van der Waals surface area contributed by atoms with Crippen molar-refractivity contribution in [1.82, 2.24) is 5.32 Å². The highest BCUT2D eigenvalue weighted by atomic mass is 79.9. The van der Waals surface area contributed by atoms with Crippen molar-refractivity contribution in [2.24, 2.45) is 0 Å². The number of hydrogen-bond donors (Lipinski definition) is 1. The number of benzene rings is 2. The fourth-order valence-corrected chi connectivity index (χ4v) is 2.39. The fraction of sp³-hybridized carbons (Fsp3) is 0.250. The molecule has 0 heterocycles. The second-order valence-electron chi connectivity index (χ2n) is 4.51. The maximum absolute atomic E-state index is 5.25. The summed E-state index contributed by atoms with van der Waals surface area (Å²) in [6.07, 6.45) is 0.